The molecule has 0 amide bonds. The van der Waals surface area contributed by atoms with Crippen molar-refractivity contribution in [2.45, 2.75) is 33.9 Å². The Morgan fingerprint density at radius 2 is 1.80 bits per heavy atom. The van der Waals surface area contributed by atoms with Crippen LogP contribution in [0.25, 0.3) is 10.9 Å². The molecule has 0 saturated carbocycles. The number of allylic oxidation sites excluding steroid dienone is 5. The number of carbonyl (C=O) groups excluding carboxylic acids is 1. The van der Waals surface area contributed by atoms with Crippen LogP contribution >= 0.6 is 19.7 Å². The molecule has 1 aromatic heterocycles. The third kappa shape index (κ3) is 6.52. The highest BCUT2D eigenvalue weighted by molar-refractivity contribution is 7.94. The minimum atomic E-state index is -4.63. The third-order valence-electron chi connectivity index (χ3n) is 5.52. The van der Waals surface area contributed by atoms with Gasteiger partial charge in [-0.05, 0) is 70.2 Å². The lowest BCUT2D eigenvalue weighted by atomic mass is 10.2. The van der Waals surface area contributed by atoms with Crippen LogP contribution in [-0.2, 0) is 25.5 Å². The molecule has 40 heavy (non-hydrogen) atoms. The van der Waals surface area contributed by atoms with E-state index < -0.39 is 35.9 Å². The molecule has 6 nitrogen and oxygen atoms in total. The lowest BCUT2D eigenvalue weighted by Gasteiger charge is -2.20. The number of rotatable bonds is 10. The fourth-order valence-electron chi connectivity index (χ4n) is 3.95. The average Bonchev–Trinajstić information content (AvgIpc) is 3.24. The van der Waals surface area contributed by atoms with E-state index in [1.54, 1.807) is 33.8 Å². The molecule has 1 atom stereocenters. The molecule has 12 heteroatoms. The van der Waals surface area contributed by atoms with Gasteiger partial charge in [0.15, 0.2) is 5.69 Å². The maximum absolute atomic E-state index is 14.2. The monoisotopic (exact) mass is 613 g/mol. The molecular weight excluding hydrogens is 586 g/mol. The van der Waals surface area contributed by atoms with E-state index in [0.717, 1.165) is 16.1 Å². The number of ether oxygens (including phenoxy) is 1. The summed E-state index contributed by atoms with van der Waals surface area (Å²) in [5.41, 5.74) is -1.18. The van der Waals surface area contributed by atoms with E-state index in [1.807, 2.05) is 0 Å². The van der Waals surface area contributed by atoms with E-state index in [9.17, 15) is 26.4 Å². The topological polar surface area (TPSA) is 74.6 Å². The molecule has 0 aliphatic carbocycles. The Hall–Kier alpha value is -2.91. The van der Waals surface area contributed by atoms with Gasteiger partial charge in [-0.3, -0.25) is 0 Å². The van der Waals surface area contributed by atoms with Crippen molar-refractivity contribution in [3.8, 4) is 0 Å². The van der Waals surface area contributed by atoms with Crippen LogP contribution in [0.4, 0.5) is 13.2 Å². The quantitative estimate of drug-likeness (QED) is 0.139. The van der Waals surface area contributed by atoms with E-state index in [0.29, 0.717) is 0 Å². The van der Waals surface area contributed by atoms with E-state index in [1.165, 1.54) is 54.6 Å². The van der Waals surface area contributed by atoms with Crippen molar-refractivity contribution in [2.24, 2.45) is 0 Å². The Labute approximate surface area is 237 Å². The predicted molar refractivity (Wildman–Crippen MR) is 154 cm³/mol. The zero-order chi connectivity index (χ0) is 29.7. The van der Waals surface area contributed by atoms with Crippen LogP contribution in [-0.4, -0.2) is 31.6 Å². The van der Waals surface area contributed by atoms with Gasteiger partial charge in [0.25, 0.3) is 10.0 Å². The van der Waals surface area contributed by atoms with E-state index in [-0.39, 0.29) is 50.3 Å². The van der Waals surface area contributed by atoms with Gasteiger partial charge in [-0.25, -0.2) is 17.2 Å². The standard InChI is InChI=1S/C28H28ClF3NO5PS/c1-5-9-14-22(11-6-2)40(35,36)33-24-16-15-20(29)18-23(24)26(25(33)27(34)37-7-3)39(38-8-4)21-13-10-12-19(17-21)28(30,31)32/h5-6,9-18H,7-8H2,1-4H3/b9-5-,11-6-,22-14+. The minimum absolute atomic E-state index is 0.0647. The van der Waals surface area contributed by atoms with Gasteiger partial charge in [0.2, 0.25) is 0 Å². The molecule has 1 heterocycles. The molecule has 0 fully saturated rings. The number of benzene rings is 2. The highest BCUT2D eigenvalue weighted by atomic mass is 35.5. The normalized spacial score (nSPS) is 13.9. The van der Waals surface area contributed by atoms with Crippen molar-refractivity contribution in [1.82, 2.24) is 3.97 Å². The first-order valence-electron chi connectivity index (χ1n) is 12.2. The number of hydrogen-bond donors (Lipinski definition) is 0. The number of fused-ring (bicyclic) bond motifs is 1. The molecule has 1 unspecified atom stereocenters. The smallest absolute Gasteiger partial charge is 0.416 e. The summed E-state index contributed by atoms with van der Waals surface area (Å²) in [4.78, 5) is 13.4. The molecule has 2 aromatic carbocycles. The largest absolute Gasteiger partial charge is 0.461 e. The average molecular weight is 614 g/mol. The van der Waals surface area contributed by atoms with Crippen molar-refractivity contribution < 1.29 is 35.6 Å². The van der Waals surface area contributed by atoms with Crippen LogP contribution in [0, 0.1) is 0 Å². The highest BCUT2D eigenvalue weighted by Crippen LogP contribution is 2.43. The van der Waals surface area contributed by atoms with Crippen LogP contribution in [0.3, 0.4) is 0 Å². The van der Waals surface area contributed by atoms with Gasteiger partial charge < -0.3 is 9.26 Å². The Kier molecular flexibility index (Phi) is 10.4. The van der Waals surface area contributed by atoms with E-state index in [2.05, 4.69) is 0 Å². The fraction of sp³-hybridized carbons (Fsp3) is 0.250. The Morgan fingerprint density at radius 3 is 2.40 bits per heavy atom. The van der Waals surface area contributed by atoms with Gasteiger partial charge in [0.05, 0.1) is 30.7 Å². The Morgan fingerprint density at radius 1 is 1.07 bits per heavy atom. The lowest BCUT2D eigenvalue weighted by molar-refractivity contribution is -0.137. The first kappa shape index (κ1) is 31.6. The molecule has 0 radical (unpaired) electrons. The summed E-state index contributed by atoms with van der Waals surface area (Å²) >= 11 is 6.31. The second-order valence-corrected chi connectivity index (χ2v) is 12.2. The second-order valence-electron chi connectivity index (χ2n) is 8.20. The Bertz CT molecular complexity index is 1590. The molecule has 0 aliphatic rings. The molecule has 214 valence electrons. The number of nitrogens with zero attached hydrogens (tertiary/aromatic N) is 1. The molecule has 0 N–H and O–H groups in total. The molecule has 0 bridgehead atoms. The first-order chi connectivity index (χ1) is 18.9. The number of carbonyl (C=O) groups is 1. The van der Waals surface area contributed by atoms with Crippen molar-refractivity contribution in [3.63, 3.8) is 0 Å². The number of alkyl halides is 3. The maximum atomic E-state index is 14.2. The summed E-state index contributed by atoms with van der Waals surface area (Å²) < 4.78 is 81.4. The van der Waals surface area contributed by atoms with Crippen molar-refractivity contribution >= 4 is 57.3 Å². The number of hydrogen-bond acceptors (Lipinski definition) is 5. The lowest BCUT2D eigenvalue weighted by Crippen LogP contribution is -2.27. The van der Waals surface area contributed by atoms with Crippen LogP contribution in [0.1, 0.15) is 43.7 Å². The van der Waals surface area contributed by atoms with Crippen LogP contribution in [0.15, 0.2) is 77.7 Å². The van der Waals surface area contributed by atoms with Crippen LogP contribution in [0.5, 0.6) is 0 Å². The summed E-state index contributed by atoms with van der Waals surface area (Å²) in [7, 11) is -6.59. The summed E-state index contributed by atoms with van der Waals surface area (Å²) in [6.45, 7) is 6.56. The maximum Gasteiger partial charge on any atom is 0.416 e. The molecule has 3 rings (SSSR count). The van der Waals surface area contributed by atoms with Gasteiger partial charge in [-0.1, -0.05) is 42.0 Å². The molecule has 3 aromatic rings. The number of aromatic nitrogens is 1. The molecule has 0 spiro atoms. The highest BCUT2D eigenvalue weighted by Gasteiger charge is 2.37. The molecule has 0 saturated heterocycles. The second kappa shape index (κ2) is 13.2. The molecular formula is C28H28ClF3NO5PS. The van der Waals surface area contributed by atoms with Gasteiger partial charge >= 0.3 is 12.1 Å². The third-order valence-corrected chi connectivity index (χ3v) is 9.61. The van der Waals surface area contributed by atoms with Crippen molar-refractivity contribution in [1.29, 1.82) is 0 Å². The van der Waals surface area contributed by atoms with Crippen molar-refractivity contribution in [2.75, 3.05) is 13.2 Å². The predicted octanol–water partition coefficient (Wildman–Crippen LogP) is 7.09. The van der Waals surface area contributed by atoms with Gasteiger partial charge in [-0.2, -0.15) is 13.2 Å². The number of halogens is 4. The van der Waals surface area contributed by atoms with Crippen molar-refractivity contribution in [3.05, 3.63) is 94.0 Å². The summed E-state index contributed by atoms with van der Waals surface area (Å²) in [5.74, 6) is -0.974. The van der Waals surface area contributed by atoms with E-state index >= 15 is 0 Å². The first-order valence-corrected chi connectivity index (χ1v) is 15.3. The molecule has 0 aliphatic heterocycles. The SMILES string of the molecule is C\C=C/C=C(\C=C/C)S(=O)(=O)n1c(C(=O)OCC)c(P(OCC)c2cccc(C(F)(F)F)c2)c2cc(Cl)ccc21. The fourth-order valence-corrected chi connectivity index (χ4v) is 7.84. The summed E-state index contributed by atoms with van der Waals surface area (Å²) in [6.07, 6.45) is 2.85. The zero-order valence-electron chi connectivity index (χ0n) is 22.2. The van der Waals surface area contributed by atoms with E-state index in [4.69, 9.17) is 20.9 Å². The summed E-state index contributed by atoms with van der Waals surface area (Å²) in [5, 5.41) is 0.683. The minimum Gasteiger partial charge on any atom is -0.461 e. The van der Waals surface area contributed by atoms with Gasteiger partial charge in [0.1, 0.15) is 0 Å². The Balaban J connectivity index is 2.55. The zero-order valence-corrected chi connectivity index (χ0v) is 24.7. The van der Waals surface area contributed by atoms with Crippen LogP contribution < -0.4 is 10.6 Å². The van der Waals surface area contributed by atoms with Gasteiger partial charge in [0, 0.05) is 27.6 Å². The summed E-state index contributed by atoms with van der Waals surface area (Å²) in [6, 6.07) is 8.93. The van der Waals surface area contributed by atoms with Gasteiger partial charge in [-0.15, -0.1) is 0 Å². The van der Waals surface area contributed by atoms with Crippen LogP contribution in [0.2, 0.25) is 5.02 Å². The number of esters is 1.